The zero-order chi connectivity index (χ0) is 14.9. The lowest BCUT2D eigenvalue weighted by atomic mass is 10.0. The summed E-state index contributed by atoms with van der Waals surface area (Å²) in [7, 11) is 1.65. The van der Waals surface area contributed by atoms with Gasteiger partial charge in [0.05, 0.1) is 23.3 Å². The molecule has 20 heavy (non-hydrogen) atoms. The predicted molar refractivity (Wildman–Crippen MR) is 86.6 cm³/mol. The van der Waals surface area contributed by atoms with Gasteiger partial charge in [-0.25, -0.2) is 0 Å². The zero-order valence-corrected chi connectivity index (χ0v) is 14.0. The highest BCUT2D eigenvalue weighted by atomic mass is 79.9. The second-order valence-electron chi connectivity index (χ2n) is 4.52. The molecule has 2 rings (SSSR count). The highest BCUT2D eigenvalue weighted by Crippen LogP contribution is 2.40. The molecule has 0 bridgehead atoms. The number of hydrogen-bond donors (Lipinski definition) is 0. The third-order valence-corrected chi connectivity index (χ3v) is 4.67. The zero-order valence-electron chi connectivity index (χ0n) is 11.7. The molecule has 1 atom stereocenters. The molecule has 0 saturated carbocycles. The lowest BCUT2D eigenvalue weighted by Gasteiger charge is -2.19. The fraction of sp³-hybridized carbons (Fsp3) is 0.267. The van der Waals surface area contributed by atoms with Gasteiger partial charge < -0.3 is 4.74 Å². The standard InChI is InChI=1S/C15H16BrClN2O/c1-5-11-6-7-19(18-11)10(3)12-8-13(17)9(2)14(16)15(12)20-4/h5-8,10H,1H2,2-4H3. The number of methoxy groups -OCH3 is 1. The molecule has 0 fully saturated rings. The summed E-state index contributed by atoms with van der Waals surface area (Å²) in [6.45, 7) is 7.72. The van der Waals surface area contributed by atoms with Crippen LogP contribution in [0.5, 0.6) is 5.75 Å². The van der Waals surface area contributed by atoms with Crippen LogP contribution in [0.3, 0.4) is 0 Å². The molecule has 0 spiro atoms. The van der Waals surface area contributed by atoms with Gasteiger partial charge in [-0.1, -0.05) is 18.2 Å². The molecule has 1 aromatic heterocycles. The number of hydrogen-bond acceptors (Lipinski definition) is 2. The number of rotatable bonds is 4. The quantitative estimate of drug-likeness (QED) is 0.782. The average molecular weight is 356 g/mol. The van der Waals surface area contributed by atoms with Gasteiger partial charge in [0.25, 0.3) is 0 Å². The van der Waals surface area contributed by atoms with Crippen LogP contribution >= 0.6 is 27.5 Å². The normalized spacial score (nSPS) is 12.2. The molecule has 0 radical (unpaired) electrons. The van der Waals surface area contributed by atoms with E-state index in [-0.39, 0.29) is 6.04 Å². The van der Waals surface area contributed by atoms with Crippen molar-refractivity contribution in [1.82, 2.24) is 9.78 Å². The first-order chi connectivity index (χ1) is 9.49. The molecule has 5 heteroatoms. The van der Waals surface area contributed by atoms with Gasteiger partial charge in [0.2, 0.25) is 0 Å². The topological polar surface area (TPSA) is 27.1 Å². The van der Waals surface area contributed by atoms with Crippen molar-refractivity contribution in [3.05, 3.63) is 51.2 Å². The fourth-order valence-electron chi connectivity index (χ4n) is 2.05. The number of nitrogens with zero attached hydrogens (tertiary/aromatic N) is 2. The van der Waals surface area contributed by atoms with Crippen LogP contribution in [0.1, 0.15) is 29.8 Å². The van der Waals surface area contributed by atoms with Crippen LogP contribution in [-0.2, 0) is 0 Å². The van der Waals surface area contributed by atoms with Gasteiger partial charge in [-0.05, 0) is 53.5 Å². The SMILES string of the molecule is C=Cc1ccn(C(C)c2cc(Cl)c(C)c(Br)c2OC)n1. The van der Waals surface area contributed by atoms with Crippen molar-refractivity contribution in [1.29, 1.82) is 0 Å². The van der Waals surface area contributed by atoms with Crippen molar-refractivity contribution in [2.45, 2.75) is 19.9 Å². The summed E-state index contributed by atoms with van der Waals surface area (Å²) in [5.41, 5.74) is 2.79. The van der Waals surface area contributed by atoms with Crippen LogP contribution in [0.25, 0.3) is 6.08 Å². The second-order valence-corrected chi connectivity index (χ2v) is 5.72. The van der Waals surface area contributed by atoms with E-state index >= 15 is 0 Å². The van der Waals surface area contributed by atoms with Gasteiger partial charge in [-0.3, -0.25) is 4.68 Å². The Morgan fingerprint density at radius 1 is 1.55 bits per heavy atom. The molecule has 0 saturated heterocycles. The number of ether oxygens (including phenoxy) is 1. The van der Waals surface area contributed by atoms with Crippen molar-refractivity contribution in [3.63, 3.8) is 0 Å². The molecule has 3 nitrogen and oxygen atoms in total. The first-order valence-corrected chi connectivity index (χ1v) is 7.36. The van der Waals surface area contributed by atoms with E-state index in [1.807, 2.05) is 29.9 Å². The minimum atomic E-state index is 0.00745. The molecular formula is C15H16BrClN2O. The smallest absolute Gasteiger partial charge is 0.138 e. The van der Waals surface area contributed by atoms with Gasteiger partial charge in [-0.2, -0.15) is 5.10 Å². The number of aromatic nitrogens is 2. The first kappa shape index (κ1) is 15.1. The maximum atomic E-state index is 6.28. The third kappa shape index (κ3) is 2.63. The first-order valence-electron chi connectivity index (χ1n) is 6.19. The van der Waals surface area contributed by atoms with E-state index in [0.717, 1.165) is 27.0 Å². The van der Waals surface area contributed by atoms with E-state index in [2.05, 4.69) is 34.5 Å². The van der Waals surface area contributed by atoms with Crippen molar-refractivity contribution in [3.8, 4) is 5.75 Å². The van der Waals surface area contributed by atoms with E-state index in [1.165, 1.54) is 0 Å². The Morgan fingerprint density at radius 3 is 2.80 bits per heavy atom. The fourth-order valence-corrected chi connectivity index (χ4v) is 2.98. The van der Waals surface area contributed by atoms with Crippen LogP contribution in [0.15, 0.2) is 29.4 Å². The molecule has 2 aromatic rings. The summed E-state index contributed by atoms with van der Waals surface area (Å²) in [5, 5.41) is 5.15. The molecule has 0 aliphatic heterocycles. The van der Waals surface area contributed by atoms with E-state index in [0.29, 0.717) is 5.02 Å². The molecule has 0 N–H and O–H groups in total. The average Bonchev–Trinajstić information content (AvgIpc) is 2.92. The van der Waals surface area contributed by atoms with E-state index < -0.39 is 0 Å². The maximum absolute atomic E-state index is 6.28. The monoisotopic (exact) mass is 354 g/mol. The summed E-state index contributed by atoms with van der Waals surface area (Å²) in [6.07, 6.45) is 3.64. The highest BCUT2D eigenvalue weighted by Gasteiger charge is 2.19. The molecular weight excluding hydrogens is 340 g/mol. The minimum absolute atomic E-state index is 0.00745. The molecule has 0 aliphatic carbocycles. The largest absolute Gasteiger partial charge is 0.495 e. The maximum Gasteiger partial charge on any atom is 0.138 e. The van der Waals surface area contributed by atoms with Crippen LogP contribution < -0.4 is 4.74 Å². The molecule has 0 aliphatic rings. The summed E-state index contributed by atoms with van der Waals surface area (Å²) in [6, 6.07) is 3.86. The van der Waals surface area contributed by atoms with Crippen molar-refractivity contribution < 1.29 is 4.74 Å². The Kier molecular flexibility index (Phi) is 4.55. The van der Waals surface area contributed by atoms with Gasteiger partial charge in [0.15, 0.2) is 0 Å². The molecule has 0 amide bonds. The van der Waals surface area contributed by atoms with E-state index in [1.54, 1.807) is 13.2 Å². The summed E-state index contributed by atoms with van der Waals surface area (Å²) in [5.74, 6) is 0.787. The Balaban J connectivity index is 2.53. The van der Waals surface area contributed by atoms with E-state index in [9.17, 15) is 0 Å². The third-order valence-electron chi connectivity index (χ3n) is 3.32. The minimum Gasteiger partial charge on any atom is -0.495 e. The lowest BCUT2D eigenvalue weighted by Crippen LogP contribution is -2.10. The van der Waals surface area contributed by atoms with Crippen LogP contribution in [-0.4, -0.2) is 16.9 Å². The van der Waals surface area contributed by atoms with Crippen molar-refractivity contribution in [2.24, 2.45) is 0 Å². The highest BCUT2D eigenvalue weighted by molar-refractivity contribution is 9.10. The molecule has 1 aromatic carbocycles. The Labute approximate surface area is 132 Å². The van der Waals surface area contributed by atoms with Crippen LogP contribution in [0.2, 0.25) is 5.02 Å². The van der Waals surface area contributed by atoms with E-state index in [4.69, 9.17) is 16.3 Å². The Hall–Kier alpha value is -1.26. The van der Waals surface area contributed by atoms with Crippen molar-refractivity contribution >= 4 is 33.6 Å². The predicted octanol–water partition coefficient (Wildman–Crippen LogP) is 4.87. The van der Waals surface area contributed by atoms with Crippen molar-refractivity contribution in [2.75, 3.05) is 7.11 Å². The van der Waals surface area contributed by atoms with Gasteiger partial charge in [0, 0.05) is 16.8 Å². The van der Waals surface area contributed by atoms with Gasteiger partial charge in [0.1, 0.15) is 5.75 Å². The summed E-state index contributed by atoms with van der Waals surface area (Å²) >= 11 is 9.83. The van der Waals surface area contributed by atoms with Crippen LogP contribution in [0.4, 0.5) is 0 Å². The lowest BCUT2D eigenvalue weighted by molar-refractivity contribution is 0.397. The Bertz CT molecular complexity index is 652. The molecule has 1 heterocycles. The van der Waals surface area contributed by atoms with Gasteiger partial charge in [-0.15, -0.1) is 0 Å². The second kappa shape index (κ2) is 6.02. The number of benzene rings is 1. The summed E-state index contributed by atoms with van der Waals surface area (Å²) < 4.78 is 8.27. The molecule has 106 valence electrons. The summed E-state index contributed by atoms with van der Waals surface area (Å²) in [4.78, 5) is 0. The molecule has 1 unspecified atom stereocenters. The van der Waals surface area contributed by atoms with Crippen LogP contribution in [0, 0.1) is 6.92 Å². The Morgan fingerprint density at radius 2 is 2.25 bits per heavy atom. The van der Waals surface area contributed by atoms with Gasteiger partial charge >= 0.3 is 0 Å². The number of halogens is 2.